The molecule has 0 saturated heterocycles. The molecule has 0 radical (unpaired) electrons. The molecule has 0 amide bonds. The van der Waals surface area contributed by atoms with Gasteiger partial charge in [0.2, 0.25) is 0 Å². The van der Waals surface area contributed by atoms with Crippen molar-refractivity contribution in [2.45, 2.75) is 33.1 Å². The molecule has 0 bridgehead atoms. The molecular weight excluding hydrogens is 212 g/mol. The lowest BCUT2D eigenvalue weighted by molar-refractivity contribution is 0.0518. The van der Waals surface area contributed by atoms with Crippen molar-refractivity contribution in [3.05, 3.63) is 10.6 Å². The number of rotatable bonds is 2. The van der Waals surface area contributed by atoms with E-state index in [0.717, 1.165) is 4.88 Å². The van der Waals surface area contributed by atoms with Crippen molar-refractivity contribution < 1.29 is 9.53 Å². The highest BCUT2D eigenvalue weighted by Gasteiger charge is 2.27. The zero-order valence-electron chi connectivity index (χ0n) is 9.46. The minimum Gasteiger partial charge on any atom is -0.461 e. The average molecular weight is 228 g/mol. The van der Waals surface area contributed by atoms with E-state index >= 15 is 0 Å². The molecular formula is C10H16N2O2S. The maximum Gasteiger partial charge on any atom is 0.358 e. The van der Waals surface area contributed by atoms with Gasteiger partial charge in [0.15, 0.2) is 10.8 Å². The number of esters is 1. The summed E-state index contributed by atoms with van der Waals surface area (Å²) in [5, 5.41) is 0.406. The number of carbonyl (C=O) groups is 1. The topological polar surface area (TPSA) is 65.2 Å². The number of aromatic nitrogens is 1. The van der Waals surface area contributed by atoms with Crippen LogP contribution in [0, 0.1) is 0 Å². The van der Waals surface area contributed by atoms with E-state index in [0.29, 0.717) is 17.4 Å². The number of nitrogens with two attached hydrogens (primary N) is 1. The van der Waals surface area contributed by atoms with E-state index in [9.17, 15) is 4.79 Å². The van der Waals surface area contributed by atoms with Crippen LogP contribution >= 0.6 is 11.3 Å². The molecule has 0 aliphatic heterocycles. The molecule has 0 fully saturated rings. The predicted octanol–water partition coefficient (Wildman–Crippen LogP) is 2.20. The Morgan fingerprint density at radius 3 is 2.60 bits per heavy atom. The number of nitrogen functional groups attached to an aromatic ring is 1. The van der Waals surface area contributed by atoms with E-state index in [2.05, 4.69) is 4.98 Å². The number of anilines is 1. The van der Waals surface area contributed by atoms with Crippen LogP contribution in [0.2, 0.25) is 0 Å². The summed E-state index contributed by atoms with van der Waals surface area (Å²) in [7, 11) is 0. The van der Waals surface area contributed by atoms with Gasteiger partial charge in [0.1, 0.15) is 0 Å². The van der Waals surface area contributed by atoms with Crippen LogP contribution in [0.4, 0.5) is 5.13 Å². The van der Waals surface area contributed by atoms with Gasteiger partial charge in [-0.15, -0.1) is 11.3 Å². The smallest absolute Gasteiger partial charge is 0.358 e. The molecule has 0 saturated carbocycles. The average Bonchev–Trinajstić information content (AvgIpc) is 2.47. The van der Waals surface area contributed by atoms with Gasteiger partial charge in [-0.25, -0.2) is 9.78 Å². The van der Waals surface area contributed by atoms with Gasteiger partial charge >= 0.3 is 5.97 Å². The lowest BCUT2D eigenvalue weighted by Crippen LogP contribution is -2.16. The Morgan fingerprint density at radius 2 is 2.13 bits per heavy atom. The molecule has 1 aromatic rings. The highest BCUT2D eigenvalue weighted by molar-refractivity contribution is 7.15. The van der Waals surface area contributed by atoms with E-state index in [-0.39, 0.29) is 5.41 Å². The summed E-state index contributed by atoms with van der Waals surface area (Å²) in [5.74, 6) is -0.393. The predicted molar refractivity (Wildman–Crippen MR) is 61.2 cm³/mol. The summed E-state index contributed by atoms with van der Waals surface area (Å²) in [6, 6.07) is 0. The Hall–Kier alpha value is -1.10. The zero-order chi connectivity index (χ0) is 11.6. The number of nitrogens with zero attached hydrogens (tertiary/aromatic N) is 1. The van der Waals surface area contributed by atoms with Gasteiger partial charge in [0.05, 0.1) is 6.61 Å². The molecule has 5 heteroatoms. The normalized spacial score (nSPS) is 11.5. The third-order valence-corrected chi connectivity index (χ3v) is 3.10. The summed E-state index contributed by atoms with van der Waals surface area (Å²) in [6.45, 7) is 8.16. The van der Waals surface area contributed by atoms with E-state index < -0.39 is 5.97 Å². The summed E-state index contributed by atoms with van der Waals surface area (Å²) < 4.78 is 4.93. The molecule has 0 spiro atoms. The quantitative estimate of drug-likeness (QED) is 0.788. The first-order valence-corrected chi connectivity index (χ1v) is 5.61. The Labute approximate surface area is 93.5 Å². The fraction of sp³-hybridized carbons (Fsp3) is 0.600. The zero-order valence-corrected chi connectivity index (χ0v) is 10.3. The van der Waals surface area contributed by atoms with Gasteiger partial charge in [0.25, 0.3) is 0 Å². The second-order valence-electron chi connectivity index (χ2n) is 4.20. The molecule has 15 heavy (non-hydrogen) atoms. The van der Waals surface area contributed by atoms with E-state index in [1.165, 1.54) is 11.3 Å². The maximum atomic E-state index is 11.6. The Morgan fingerprint density at radius 1 is 1.53 bits per heavy atom. The van der Waals surface area contributed by atoms with Crippen molar-refractivity contribution in [3.63, 3.8) is 0 Å². The first-order valence-electron chi connectivity index (χ1n) is 4.80. The van der Waals surface area contributed by atoms with Crippen molar-refractivity contribution in [1.29, 1.82) is 0 Å². The van der Waals surface area contributed by atoms with Crippen molar-refractivity contribution >= 4 is 22.4 Å². The highest BCUT2D eigenvalue weighted by atomic mass is 32.1. The monoisotopic (exact) mass is 228 g/mol. The van der Waals surface area contributed by atoms with Crippen LogP contribution in [-0.2, 0) is 10.2 Å². The molecule has 0 aliphatic carbocycles. The van der Waals surface area contributed by atoms with E-state index in [1.807, 2.05) is 20.8 Å². The van der Waals surface area contributed by atoms with E-state index in [4.69, 9.17) is 10.5 Å². The molecule has 1 heterocycles. The molecule has 0 atom stereocenters. The fourth-order valence-electron chi connectivity index (χ4n) is 1.18. The Balaban J connectivity index is 3.12. The molecule has 0 aliphatic rings. The van der Waals surface area contributed by atoms with Gasteiger partial charge in [0, 0.05) is 4.88 Å². The lowest BCUT2D eigenvalue weighted by atomic mass is 9.93. The van der Waals surface area contributed by atoms with Gasteiger partial charge in [-0.3, -0.25) is 0 Å². The maximum absolute atomic E-state index is 11.6. The van der Waals surface area contributed by atoms with Crippen LogP contribution in [0.3, 0.4) is 0 Å². The fourth-order valence-corrected chi connectivity index (χ4v) is 2.06. The standard InChI is InChI=1S/C10H16N2O2S/c1-5-14-8(13)6-7(10(2,3)4)15-9(11)12-6/h5H2,1-4H3,(H2,11,12). The SMILES string of the molecule is CCOC(=O)c1nc(N)sc1C(C)(C)C. The van der Waals surface area contributed by atoms with Crippen molar-refractivity contribution in [2.24, 2.45) is 0 Å². The van der Waals surface area contributed by atoms with Crippen LogP contribution in [-0.4, -0.2) is 17.6 Å². The minimum atomic E-state index is -0.393. The van der Waals surface area contributed by atoms with Crippen molar-refractivity contribution in [2.75, 3.05) is 12.3 Å². The molecule has 0 aromatic carbocycles. The van der Waals surface area contributed by atoms with Gasteiger partial charge in [-0.05, 0) is 12.3 Å². The van der Waals surface area contributed by atoms with Crippen molar-refractivity contribution in [1.82, 2.24) is 4.98 Å². The molecule has 1 rings (SSSR count). The minimum absolute atomic E-state index is 0.141. The third-order valence-electron chi connectivity index (χ3n) is 1.79. The number of hydrogen-bond acceptors (Lipinski definition) is 5. The summed E-state index contributed by atoms with van der Waals surface area (Å²) in [5.41, 5.74) is 5.82. The van der Waals surface area contributed by atoms with Crippen molar-refractivity contribution in [3.8, 4) is 0 Å². The van der Waals surface area contributed by atoms with Gasteiger partial charge < -0.3 is 10.5 Å². The van der Waals surface area contributed by atoms with Gasteiger partial charge in [-0.1, -0.05) is 20.8 Å². The molecule has 2 N–H and O–H groups in total. The Bertz CT molecular complexity index is 366. The van der Waals surface area contributed by atoms with Crippen LogP contribution in [0.15, 0.2) is 0 Å². The highest BCUT2D eigenvalue weighted by Crippen LogP contribution is 2.32. The first-order chi connectivity index (χ1) is 6.86. The van der Waals surface area contributed by atoms with Crippen LogP contribution in [0.1, 0.15) is 43.1 Å². The second-order valence-corrected chi connectivity index (χ2v) is 5.23. The number of thiazole rings is 1. The summed E-state index contributed by atoms with van der Waals surface area (Å²) in [4.78, 5) is 16.5. The first kappa shape index (κ1) is 12.0. The second kappa shape index (κ2) is 4.18. The van der Waals surface area contributed by atoms with E-state index in [1.54, 1.807) is 6.92 Å². The third kappa shape index (κ3) is 2.68. The van der Waals surface area contributed by atoms with Crippen LogP contribution in [0.25, 0.3) is 0 Å². The number of hydrogen-bond donors (Lipinski definition) is 1. The molecule has 0 unspecified atom stereocenters. The molecule has 4 nitrogen and oxygen atoms in total. The van der Waals surface area contributed by atoms with Crippen LogP contribution in [0.5, 0.6) is 0 Å². The van der Waals surface area contributed by atoms with Gasteiger partial charge in [-0.2, -0.15) is 0 Å². The molecule has 84 valence electrons. The number of carbonyl (C=O) groups excluding carboxylic acids is 1. The molecule has 1 aromatic heterocycles. The summed E-state index contributed by atoms with van der Waals surface area (Å²) >= 11 is 1.34. The Kier molecular flexibility index (Phi) is 3.34. The number of ether oxygens (including phenoxy) is 1. The largest absolute Gasteiger partial charge is 0.461 e. The summed E-state index contributed by atoms with van der Waals surface area (Å²) in [6.07, 6.45) is 0. The lowest BCUT2D eigenvalue weighted by Gasteiger charge is -2.16. The van der Waals surface area contributed by atoms with Crippen LogP contribution < -0.4 is 5.73 Å².